The molecule has 1 heterocycles. The molecule has 0 spiro atoms. The predicted octanol–water partition coefficient (Wildman–Crippen LogP) is 1.60. The fourth-order valence-corrected chi connectivity index (χ4v) is 2.00. The van der Waals surface area contributed by atoms with Crippen LogP contribution in [0.3, 0.4) is 0 Å². The molecule has 1 aliphatic heterocycles. The first-order valence-corrected chi connectivity index (χ1v) is 6.20. The van der Waals surface area contributed by atoms with Crippen LogP contribution in [0.2, 0.25) is 0 Å². The molecule has 0 radical (unpaired) electrons. The number of hydrogen-bond acceptors (Lipinski definition) is 2. The number of rotatable bonds is 4. The lowest BCUT2D eigenvalue weighted by molar-refractivity contribution is -0.121. The third-order valence-corrected chi connectivity index (χ3v) is 2.93. The average molecular weight is 233 g/mol. The number of alkyl halides is 1. The van der Waals surface area contributed by atoms with Gasteiger partial charge in [-0.25, -0.2) is 0 Å². The summed E-state index contributed by atoms with van der Waals surface area (Å²) in [4.78, 5) is 13.7. The maximum absolute atomic E-state index is 11.3. The second-order valence-electron chi connectivity index (χ2n) is 4.39. The summed E-state index contributed by atoms with van der Waals surface area (Å²) < 4.78 is 0. The van der Waals surface area contributed by atoms with E-state index < -0.39 is 5.38 Å². The zero-order valence-electron chi connectivity index (χ0n) is 9.63. The Labute approximate surface area is 97.2 Å². The Morgan fingerprint density at radius 3 is 2.47 bits per heavy atom. The van der Waals surface area contributed by atoms with Crippen molar-refractivity contribution in [2.45, 2.75) is 44.5 Å². The Morgan fingerprint density at radius 2 is 1.93 bits per heavy atom. The topological polar surface area (TPSA) is 32.3 Å². The molecule has 0 aromatic heterocycles. The van der Waals surface area contributed by atoms with Crippen molar-refractivity contribution in [1.29, 1.82) is 0 Å². The largest absolute Gasteiger partial charge is 0.351 e. The van der Waals surface area contributed by atoms with Crippen LogP contribution in [-0.4, -0.2) is 41.9 Å². The van der Waals surface area contributed by atoms with Crippen molar-refractivity contribution >= 4 is 17.5 Å². The van der Waals surface area contributed by atoms with E-state index in [-0.39, 0.29) is 11.9 Å². The second kappa shape index (κ2) is 6.33. The normalized spacial score (nSPS) is 22.1. The molecular weight excluding hydrogens is 212 g/mol. The highest BCUT2D eigenvalue weighted by atomic mass is 35.5. The molecule has 15 heavy (non-hydrogen) atoms. The van der Waals surface area contributed by atoms with Gasteiger partial charge in [0.25, 0.3) is 0 Å². The molecule has 0 bridgehead atoms. The third kappa shape index (κ3) is 4.85. The van der Waals surface area contributed by atoms with Gasteiger partial charge in [-0.1, -0.05) is 6.42 Å². The molecule has 2 unspecified atom stereocenters. The predicted molar refractivity (Wildman–Crippen MR) is 63.2 cm³/mol. The molecule has 1 fully saturated rings. The Hall–Kier alpha value is -0.280. The number of likely N-dealkylation sites (tertiary alicyclic amines) is 1. The van der Waals surface area contributed by atoms with Gasteiger partial charge in [0, 0.05) is 12.6 Å². The van der Waals surface area contributed by atoms with Gasteiger partial charge >= 0.3 is 0 Å². The second-order valence-corrected chi connectivity index (χ2v) is 5.04. The van der Waals surface area contributed by atoms with Crippen molar-refractivity contribution in [3.05, 3.63) is 0 Å². The van der Waals surface area contributed by atoms with Gasteiger partial charge in [-0.3, -0.25) is 4.79 Å². The van der Waals surface area contributed by atoms with E-state index in [1.54, 1.807) is 6.92 Å². The standard InChI is InChI=1S/C11H21ClN2O/c1-9(13-11(15)10(2)12)8-14-6-4-3-5-7-14/h9-10H,3-8H2,1-2H3,(H,13,15). The molecule has 0 aromatic carbocycles. The number of carbonyl (C=O) groups excluding carboxylic acids is 1. The molecule has 2 atom stereocenters. The van der Waals surface area contributed by atoms with Crippen molar-refractivity contribution in [2.75, 3.05) is 19.6 Å². The smallest absolute Gasteiger partial charge is 0.238 e. The Kier molecular flexibility index (Phi) is 5.40. The van der Waals surface area contributed by atoms with Crippen LogP contribution in [0.5, 0.6) is 0 Å². The summed E-state index contributed by atoms with van der Waals surface area (Å²) in [6.45, 7) is 7.00. The summed E-state index contributed by atoms with van der Waals surface area (Å²) in [5, 5.41) is 2.48. The van der Waals surface area contributed by atoms with Gasteiger partial charge in [0.1, 0.15) is 5.38 Å². The van der Waals surface area contributed by atoms with Crippen LogP contribution >= 0.6 is 11.6 Å². The van der Waals surface area contributed by atoms with Gasteiger partial charge in [0.05, 0.1) is 0 Å². The number of hydrogen-bond donors (Lipinski definition) is 1. The highest BCUT2D eigenvalue weighted by molar-refractivity contribution is 6.30. The van der Waals surface area contributed by atoms with Crippen LogP contribution in [0.1, 0.15) is 33.1 Å². The van der Waals surface area contributed by atoms with Gasteiger partial charge in [0.2, 0.25) is 5.91 Å². The number of amides is 1. The molecule has 0 aromatic rings. The van der Waals surface area contributed by atoms with Gasteiger partial charge in [-0.05, 0) is 39.8 Å². The Balaban J connectivity index is 2.22. The molecule has 88 valence electrons. The SMILES string of the molecule is CC(CN1CCCCC1)NC(=O)C(C)Cl. The van der Waals surface area contributed by atoms with Crippen LogP contribution in [0.4, 0.5) is 0 Å². The average Bonchev–Trinajstić information content (AvgIpc) is 2.18. The minimum absolute atomic E-state index is 0.0684. The number of piperidine rings is 1. The van der Waals surface area contributed by atoms with E-state index in [9.17, 15) is 4.79 Å². The van der Waals surface area contributed by atoms with E-state index >= 15 is 0 Å². The molecule has 0 saturated carbocycles. The quantitative estimate of drug-likeness (QED) is 0.747. The number of halogens is 1. The van der Waals surface area contributed by atoms with Gasteiger partial charge in [0.15, 0.2) is 0 Å². The lowest BCUT2D eigenvalue weighted by Crippen LogP contribution is -2.45. The monoisotopic (exact) mass is 232 g/mol. The summed E-state index contributed by atoms with van der Waals surface area (Å²) in [5.41, 5.74) is 0. The number of carbonyl (C=O) groups is 1. The van der Waals surface area contributed by atoms with Gasteiger partial charge < -0.3 is 10.2 Å². The summed E-state index contributed by atoms with van der Waals surface area (Å²) in [7, 11) is 0. The molecule has 1 rings (SSSR count). The van der Waals surface area contributed by atoms with Gasteiger partial charge in [-0.2, -0.15) is 0 Å². The fourth-order valence-electron chi connectivity index (χ4n) is 1.93. The van der Waals surface area contributed by atoms with Crippen LogP contribution in [0.15, 0.2) is 0 Å². The molecule has 1 N–H and O–H groups in total. The van der Waals surface area contributed by atoms with Crippen molar-refractivity contribution in [3.8, 4) is 0 Å². The lowest BCUT2D eigenvalue weighted by Gasteiger charge is -2.29. The molecule has 1 saturated heterocycles. The van der Waals surface area contributed by atoms with Crippen LogP contribution in [0, 0.1) is 0 Å². The summed E-state index contributed by atoms with van der Waals surface area (Å²) in [6, 6.07) is 0.191. The van der Waals surface area contributed by atoms with Crippen molar-refractivity contribution in [2.24, 2.45) is 0 Å². The van der Waals surface area contributed by atoms with Gasteiger partial charge in [-0.15, -0.1) is 11.6 Å². The number of nitrogens with one attached hydrogen (secondary N) is 1. The molecular formula is C11H21ClN2O. The van der Waals surface area contributed by atoms with Crippen molar-refractivity contribution < 1.29 is 4.79 Å². The van der Waals surface area contributed by atoms with Crippen LogP contribution < -0.4 is 5.32 Å². The van der Waals surface area contributed by atoms with Crippen molar-refractivity contribution in [1.82, 2.24) is 10.2 Å². The minimum Gasteiger partial charge on any atom is -0.351 e. The van der Waals surface area contributed by atoms with E-state index in [4.69, 9.17) is 11.6 Å². The maximum atomic E-state index is 11.3. The Morgan fingerprint density at radius 1 is 1.33 bits per heavy atom. The third-order valence-electron chi connectivity index (χ3n) is 2.73. The van der Waals surface area contributed by atoms with E-state index in [1.165, 1.54) is 19.3 Å². The van der Waals surface area contributed by atoms with E-state index in [0.29, 0.717) is 0 Å². The summed E-state index contributed by atoms with van der Waals surface area (Å²) >= 11 is 5.69. The summed E-state index contributed by atoms with van der Waals surface area (Å²) in [6.07, 6.45) is 3.91. The molecule has 3 nitrogen and oxygen atoms in total. The Bertz CT molecular complexity index is 203. The fraction of sp³-hybridized carbons (Fsp3) is 0.909. The van der Waals surface area contributed by atoms with E-state index in [2.05, 4.69) is 10.2 Å². The first-order chi connectivity index (χ1) is 7.09. The first kappa shape index (κ1) is 12.8. The highest BCUT2D eigenvalue weighted by Crippen LogP contribution is 2.08. The molecule has 0 aliphatic carbocycles. The molecule has 1 aliphatic rings. The zero-order chi connectivity index (χ0) is 11.3. The molecule has 4 heteroatoms. The van der Waals surface area contributed by atoms with Crippen LogP contribution in [-0.2, 0) is 4.79 Å². The molecule has 1 amide bonds. The maximum Gasteiger partial charge on any atom is 0.238 e. The number of nitrogens with zero attached hydrogens (tertiary/aromatic N) is 1. The van der Waals surface area contributed by atoms with Crippen molar-refractivity contribution in [3.63, 3.8) is 0 Å². The zero-order valence-corrected chi connectivity index (χ0v) is 10.4. The van der Waals surface area contributed by atoms with E-state index in [0.717, 1.165) is 19.6 Å². The first-order valence-electron chi connectivity index (χ1n) is 5.76. The highest BCUT2D eigenvalue weighted by Gasteiger charge is 2.16. The minimum atomic E-state index is -0.436. The lowest BCUT2D eigenvalue weighted by atomic mass is 10.1. The van der Waals surface area contributed by atoms with Crippen LogP contribution in [0.25, 0.3) is 0 Å². The summed E-state index contributed by atoms with van der Waals surface area (Å²) in [5.74, 6) is -0.0684. The van der Waals surface area contributed by atoms with E-state index in [1.807, 2.05) is 6.92 Å².